The van der Waals surface area contributed by atoms with Crippen molar-refractivity contribution in [1.82, 2.24) is 19.7 Å². The lowest BCUT2D eigenvalue weighted by molar-refractivity contribution is -0.192. The zero-order valence-corrected chi connectivity index (χ0v) is 26.2. The average molecular weight is 643 g/mol. The molecule has 1 unspecified atom stereocenters. The molecule has 2 N–H and O–H groups in total. The number of fused-ring (bicyclic) bond motifs is 1. The second kappa shape index (κ2) is 14.3. The Hall–Kier alpha value is -3.90. The lowest BCUT2D eigenvalue weighted by atomic mass is 9.84. The number of amides is 2. The van der Waals surface area contributed by atoms with Gasteiger partial charge in [-0.15, -0.1) is 0 Å². The number of piperidine rings is 1. The standard InChI is InChI=1S/C32H40N4O3.C2HF3O2/c1-22-7-5-8-23(2)29(22)24-12-14-34(15-13-24)21-26-25-9-3-4-10-27(25)33-30(26)32(38)36-18-16-35(17-19-36)31(37)28-11-6-20-39-28;3-2(4,5)1(6)7/h3-5,7-10,24,28,33H,6,11-21H2,1-2H3;(H,6,7). The Morgan fingerprint density at radius 3 is 2.09 bits per heavy atom. The molecule has 12 heteroatoms. The fourth-order valence-corrected chi connectivity index (χ4v) is 6.89. The van der Waals surface area contributed by atoms with E-state index in [1.54, 1.807) is 0 Å². The van der Waals surface area contributed by atoms with Gasteiger partial charge in [-0.05, 0) is 81.3 Å². The summed E-state index contributed by atoms with van der Waals surface area (Å²) in [6, 6.07) is 14.9. The molecule has 3 saturated heterocycles. The highest BCUT2D eigenvalue weighted by Gasteiger charge is 2.38. The van der Waals surface area contributed by atoms with Crippen LogP contribution in [0.1, 0.15) is 64.3 Å². The van der Waals surface area contributed by atoms with Gasteiger partial charge in [-0.3, -0.25) is 14.5 Å². The maximum absolute atomic E-state index is 13.8. The van der Waals surface area contributed by atoms with Crippen molar-refractivity contribution in [3.63, 3.8) is 0 Å². The average Bonchev–Trinajstić information content (AvgIpc) is 3.70. The molecular formula is C34H41F3N4O5. The number of ether oxygens (including phenoxy) is 1. The summed E-state index contributed by atoms with van der Waals surface area (Å²) in [6.45, 7) is 10.2. The minimum atomic E-state index is -5.08. The topological polar surface area (TPSA) is 106 Å². The number of hydrogen-bond acceptors (Lipinski definition) is 5. The third-order valence-corrected chi connectivity index (χ3v) is 9.27. The van der Waals surface area contributed by atoms with Crippen molar-refractivity contribution >= 4 is 28.7 Å². The number of hydrogen-bond donors (Lipinski definition) is 2. The number of halogens is 3. The summed E-state index contributed by atoms with van der Waals surface area (Å²) in [7, 11) is 0. The fraction of sp³-hybridized carbons (Fsp3) is 0.500. The summed E-state index contributed by atoms with van der Waals surface area (Å²) in [5.41, 5.74) is 7.13. The van der Waals surface area contributed by atoms with Gasteiger partial charge in [0.15, 0.2) is 0 Å². The van der Waals surface area contributed by atoms with E-state index in [-0.39, 0.29) is 17.9 Å². The maximum Gasteiger partial charge on any atom is 0.490 e. The largest absolute Gasteiger partial charge is 0.490 e. The number of H-pyrrole nitrogens is 1. The molecule has 2 amide bonds. The number of carbonyl (C=O) groups excluding carboxylic acids is 2. The number of piperazine rings is 1. The number of aliphatic carboxylic acids is 1. The number of carboxylic acid groups (broad SMARTS) is 1. The van der Waals surface area contributed by atoms with Gasteiger partial charge < -0.3 is 24.6 Å². The SMILES string of the molecule is Cc1cccc(C)c1C1CCN(Cc2c(C(=O)N3CCN(C(=O)C4CCCO4)CC3)[nH]c3ccccc23)CC1.O=C(O)C(F)(F)F. The van der Waals surface area contributed by atoms with E-state index in [2.05, 4.69) is 60.1 Å². The Kier molecular flexibility index (Phi) is 10.4. The monoisotopic (exact) mass is 642 g/mol. The molecule has 2 aromatic carbocycles. The van der Waals surface area contributed by atoms with Crippen LogP contribution in [0, 0.1) is 13.8 Å². The fourth-order valence-electron chi connectivity index (χ4n) is 6.89. The predicted molar refractivity (Wildman–Crippen MR) is 167 cm³/mol. The molecule has 3 fully saturated rings. The van der Waals surface area contributed by atoms with Gasteiger partial charge in [0.25, 0.3) is 11.8 Å². The van der Waals surface area contributed by atoms with Crippen LogP contribution in [0.2, 0.25) is 0 Å². The van der Waals surface area contributed by atoms with Gasteiger partial charge in [0, 0.05) is 55.8 Å². The number of likely N-dealkylation sites (tertiary alicyclic amines) is 1. The van der Waals surface area contributed by atoms with Crippen LogP contribution in [0.15, 0.2) is 42.5 Å². The van der Waals surface area contributed by atoms with E-state index in [0.717, 1.165) is 61.8 Å². The van der Waals surface area contributed by atoms with Gasteiger partial charge in [0.1, 0.15) is 11.8 Å². The lowest BCUT2D eigenvalue weighted by Crippen LogP contribution is -2.53. The maximum atomic E-state index is 13.8. The van der Waals surface area contributed by atoms with E-state index in [9.17, 15) is 22.8 Å². The second-order valence-corrected chi connectivity index (χ2v) is 12.3. The van der Waals surface area contributed by atoms with Crippen molar-refractivity contribution in [3.8, 4) is 0 Å². The van der Waals surface area contributed by atoms with Crippen LogP contribution in [-0.2, 0) is 20.9 Å². The van der Waals surface area contributed by atoms with Gasteiger partial charge in [-0.1, -0.05) is 36.4 Å². The first-order valence-electron chi connectivity index (χ1n) is 15.8. The van der Waals surface area contributed by atoms with Crippen LogP contribution in [0.4, 0.5) is 13.2 Å². The second-order valence-electron chi connectivity index (χ2n) is 12.3. The number of benzene rings is 2. The molecule has 0 radical (unpaired) electrons. The summed E-state index contributed by atoms with van der Waals surface area (Å²) in [6.07, 6.45) is -1.36. The normalized spacial score (nSPS) is 19.6. The minimum Gasteiger partial charge on any atom is -0.475 e. The molecule has 248 valence electrons. The molecule has 3 aliphatic rings. The van der Waals surface area contributed by atoms with Gasteiger partial charge in [0.05, 0.1) is 0 Å². The molecule has 4 heterocycles. The quantitative estimate of drug-likeness (QED) is 0.394. The summed E-state index contributed by atoms with van der Waals surface area (Å²) in [5.74, 6) is -2.04. The van der Waals surface area contributed by atoms with Crippen LogP contribution < -0.4 is 0 Å². The molecule has 46 heavy (non-hydrogen) atoms. The van der Waals surface area contributed by atoms with Gasteiger partial charge in [-0.25, -0.2) is 4.79 Å². The van der Waals surface area contributed by atoms with Crippen molar-refractivity contribution in [3.05, 3.63) is 70.4 Å². The highest BCUT2D eigenvalue weighted by Crippen LogP contribution is 2.34. The highest BCUT2D eigenvalue weighted by molar-refractivity contribution is 6.01. The first-order chi connectivity index (χ1) is 21.9. The Morgan fingerprint density at radius 1 is 0.891 bits per heavy atom. The van der Waals surface area contributed by atoms with Crippen molar-refractivity contribution in [2.24, 2.45) is 0 Å². The molecule has 0 aliphatic carbocycles. The third-order valence-electron chi connectivity index (χ3n) is 9.27. The number of nitrogens with one attached hydrogen (secondary N) is 1. The van der Waals surface area contributed by atoms with Crippen LogP contribution in [0.25, 0.3) is 10.9 Å². The number of carbonyl (C=O) groups is 3. The molecule has 0 spiro atoms. The molecule has 9 nitrogen and oxygen atoms in total. The van der Waals surface area contributed by atoms with Gasteiger partial charge in [-0.2, -0.15) is 13.2 Å². The van der Waals surface area contributed by atoms with E-state index in [1.807, 2.05) is 15.9 Å². The van der Waals surface area contributed by atoms with Crippen molar-refractivity contribution < 1.29 is 37.4 Å². The third kappa shape index (κ3) is 7.55. The molecule has 1 aromatic heterocycles. The first-order valence-corrected chi connectivity index (χ1v) is 15.8. The van der Waals surface area contributed by atoms with E-state index < -0.39 is 12.1 Å². The van der Waals surface area contributed by atoms with Crippen molar-refractivity contribution in [2.45, 2.75) is 64.3 Å². The summed E-state index contributed by atoms with van der Waals surface area (Å²) in [5, 5.41) is 8.25. The Bertz CT molecular complexity index is 1530. The number of nitrogens with zero attached hydrogens (tertiary/aromatic N) is 3. The highest BCUT2D eigenvalue weighted by atomic mass is 19.4. The number of rotatable bonds is 5. The number of aromatic amines is 1. The van der Waals surface area contributed by atoms with Crippen LogP contribution >= 0.6 is 0 Å². The molecule has 0 bridgehead atoms. The molecule has 3 aromatic rings. The molecule has 1 atom stereocenters. The first kappa shape index (κ1) is 33.5. The zero-order valence-electron chi connectivity index (χ0n) is 26.2. The predicted octanol–water partition coefficient (Wildman–Crippen LogP) is 5.26. The minimum absolute atomic E-state index is 0.0378. The Morgan fingerprint density at radius 2 is 1.50 bits per heavy atom. The van der Waals surface area contributed by atoms with E-state index in [0.29, 0.717) is 44.4 Å². The zero-order chi connectivity index (χ0) is 33.0. The number of para-hydroxylation sites is 1. The van der Waals surface area contributed by atoms with Crippen LogP contribution in [0.3, 0.4) is 0 Å². The van der Waals surface area contributed by atoms with Crippen molar-refractivity contribution in [1.29, 1.82) is 0 Å². The van der Waals surface area contributed by atoms with Gasteiger partial charge in [0.2, 0.25) is 0 Å². The molecule has 6 rings (SSSR count). The number of carboxylic acids is 1. The summed E-state index contributed by atoms with van der Waals surface area (Å²) < 4.78 is 37.3. The summed E-state index contributed by atoms with van der Waals surface area (Å²) in [4.78, 5) is 45.2. The lowest BCUT2D eigenvalue weighted by Gasteiger charge is -2.36. The Balaban J connectivity index is 0.000000537. The van der Waals surface area contributed by atoms with Gasteiger partial charge >= 0.3 is 12.1 Å². The molecular weight excluding hydrogens is 601 g/mol. The summed E-state index contributed by atoms with van der Waals surface area (Å²) >= 11 is 0. The number of alkyl halides is 3. The van der Waals surface area contributed by atoms with Crippen LogP contribution in [-0.4, -0.2) is 101 Å². The van der Waals surface area contributed by atoms with Crippen molar-refractivity contribution in [2.75, 3.05) is 45.9 Å². The molecule has 0 saturated carbocycles. The van der Waals surface area contributed by atoms with E-state index in [1.165, 1.54) is 16.7 Å². The number of aromatic nitrogens is 1. The molecule has 3 aliphatic heterocycles. The van der Waals surface area contributed by atoms with Crippen LogP contribution in [0.5, 0.6) is 0 Å². The Labute approximate surface area is 266 Å². The van der Waals surface area contributed by atoms with E-state index in [4.69, 9.17) is 14.6 Å². The number of aryl methyl sites for hydroxylation is 2. The smallest absolute Gasteiger partial charge is 0.475 e. The van der Waals surface area contributed by atoms with E-state index >= 15 is 0 Å².